The van der Waals surface area contributed by atoms with Crippen molar-refractivity contribution in [3.8, 4) is 39.1 Å². The number of benzene rings is 15. The molecule has 0 bridgehead atoms. The van der Waals surface area contributed by atoms with Crippen molar-refractivity contribution in [1.29, 1.82) is 0 Å². The molecule has 2 aliphatic carbocycles. The minimum absolute atomic E-state index is 0.0101. The van der Waals surface area contributed by atoms with E-state index in [0.717, 1.165) is 57.4 Å². The monoisotopic (exact) mass is 1500 g/mol. The van der Waals surface area contributed by atoms with Crippen LogP contribution in [0.15, 0.2) is 352 Å². The van der Waals surface area contributed by atoms with Gasteiger partial charge < -0.3 is 18.9 Å². The number of fused-ring (bicyclic) bond motifs is 12. The van der Waals surface area contributed by atoms with E-state index >= 15 is 0 Å². The zero-order chi connectivity index (χ0) is 79.4. The summed E-state index contributed by atoms with van der Waals surface area (Å²) in [5.41, 5.74) is 32.5. The highest BCUT2D eigenvalue weighted by Crippen LogP contribution is 2.60. The Hall–Kier alpha value is -12.5. The normalized spacial score (nSPS) is 13.8. The Bertz CT molecular complexity index is 6440. The minimum atomic E-state index is -0.726. The molecule has 0 radical (unpaired) electrons. The molecule has 0 fully saturated rings. The second-order valence-corrected chi connectivity index (χ2v) is 35.8. The Morgan fingerprint density at radius 2 is 0.629 bits per heavy atom. The molecule has 570 valence electrons. The van der Waals surface area contributed by atoms with Crippen molar-refractivity contribution in [3.05, 3.63) is 413 Å². The third-order valence-corrected chi connectivity index (χ3v) is 25.9. The van der Waals surface area contributed by atoms with Crippen molar-refractivity contribution < 1.29 is 0 Å². The SMILES string of the molecule is CCCCC(CC)Cn1c2ccccc2c2cc(-c3ccc(N(c4ccc(C(C)(C)C)cc4)c4ccc(C5(c6ccc7c(c6)c6cc(C8(c9ccc(N(c%10ccccc%10)c%10ccc(C(C)(C)C)cc%10)cc9)c9ccccc9-c9ccccc98)ccc6n7-c6ccc(C(C)(C)C)cc6)c6ccccc6-c6ccccc65)cc4)cc3)ccc21. The Kier molecular flexibility index (Phi) is 18.3. The molecule has 0 amide bonds. The third-order valence-electron chi connectivity index (χ3n) is 25.9. The molecule has 2 aromatic heterocycles. The van der Waals surface area contributed by atoms with Crippen molar-refractivity contribution in [3.63, 3.8) is 0 Å². The maximum Gasteiger partial charge on any atom is 0.0713 e. The lowest BCUT2D eigenvalue weighted by Crippen LogP contribution is -2.28. The van der Waals surface area contributed by atoms with Gasteiger partial charge in [0.1, 0.15) is 0 Å². The van der Waals surface area contributed by atoms with Gasteiger partial charge in [-0.15, -0.1) is 0 Å². The molecule has 0 saturated heterocycles. The number of anilines is 6. The van der Waals surface area contributed by atoms with Crippen molar-refractivity contribution in [2.24, 2.45) is 5.92 Å². The molecule has 1 atom stereocenters. The predicted molar refractivity (Wildman–Crippen MR) is 493 cm³/mol. The molecular formula is C112H102N4. The van der Waals surface area contributed by atoms with Crippen molar-refractivity contribution >= 4 is 77.7 Å². The van der Waals surface area contributed by atoms with Crippen LogP contribution in [0.4, 0.5) is 34.1 Å². The lowest BCUT2D eigenvalue weighted by molar-refractivity contribution is 0.401. The summed E-state index contributed by atoms with van der Waals surface area (Å²) in [7, 11) is 0. The van der Waals surface area contributed by atoms with Crippen molar-refractivity contribution in [1.82, 2.24) is 9.13 Å². The van der Waals surface area contributed by atoms with Gasteiger partial charge in [-0.1, -0.05) is 320 Å². The number of hydrogen-bond donors (Lipinski definition) is 0. The van der Waals surface area contributed by atoms with Gasteiger partial charge in [-0.25, -0.2) is 0 Å². The fourth-order valence-electron chi connectivity index (χ4n) is 19.7. The summed E-state index contributed by atoms with van der Waals surface area (Å²) in [4.78, 5) is 4.84. The Morgan fingerprint density at radius 3 is 1.05 bits per heavy atom. The van der Waals surface area contributed by atoms with Gasteiger partial charge in [0.05, 0.1) is 21.9 Å². The average molecular weight is 1500 g/mol. The van der Waals surface area contributed by atoms with E-state index in [1.165, 1.54) is 153 Å². The molecule has 2 aliphatic rings. The van der Waals surface area contributed by atoms with Gasteiger partial charge in [0, 0.05) is 78.9 Å². The molecule has 116 heavy (non-hydrogen) atoms. The quantitative estimate of drug-likeness (QED) is 0.0851. The zero-order valence-corrected chi connectivity index (χ0v) is 68.9. The van der Waals surface area contributed by atoms with Crippen LogP contribution in [0.1, 0.15) is 163 Å². The van der Waals surface area contributed by atoms with Crippen LogP contribution >= 0.6 is 0 Å². The van der Waals surface area contributed by atoms with E-state index in [2.05, 4.69) is 447 Å². The molecular weight excluding hydrogens is 1400 g/mol. The van der Waals surface area contributed by atoms with Crippen LogP contribution in [0.5, 0.6) is 0 Å². The van der Waals surface area contributed by atoms with E-state index in [0.29, 0.717) is 5.92 Å². The van der Waals surface area contributed by atoms with Gasteiger partial charge in [0.15, 0.2) is 0 Å². The fourth-order valence-corrected chi connectivity index (χ4v) is 19.7. The zero-order valence-electron chi connectivity index (χ0n) is 68.9. The molecule has 17 aromatic rings. The van der Waals surface area contributed by atoms with Gasteiger partial charge in [-0.05, 0) is 251 Å². The molecule has 0 saturated carbocycles. The van der Waals surface area contributed by atoms with Crippen LogP contribution in [-0.2, 0) is 33.6 Å². The van der Waals surface area contributed by atoms with Gasteiger partial charge >= 0.3 is 0 Å². The molecule has 1 unspecified atom stereocenters. The van der Waals surface area contributed by atoms with Crippen LogP contribution in [0.25, 0.3) is 82.7 Å². The smallest absolute Gasteiger partial charge is 0.0713 e. The molecule has 4 heteroatoms. The lowest BCUT2D eigenvalue weighted by atomic mass is 9.67. The van der Waals surface area contributed by atoms with Gasteiger partial charge in [-0.3, -0.25) is 0 Å². The van der Waals surface area contributed by atoms with Gasteiger partial charge in [0.25, 0.3) is 0 Å². The van der Waals surface area contributed by atoms with E-state index in [1.54, 1.807) is 0 Å². The maximum atomic E-state index is 2.60. The van der Waals surface area contributed by atoms with Gasteiger partial charge in [0.2, 0.25) is 0 Å². The van der Waals surface area contributed by atoms with E-state index in [4.69, 9.17) is 0 Å². The Balaban J connectivity index is 0.779. The predicted octanol–water partition coefficient (Wildman–Crippen LogP) is 30.3. The molecule has 0 spiro atoms. The minimum Gasteiger partial charge on any atom is -0.340 e. The lowest BCUT2D eigenvalue weighted by Gasteiger charge is -2.35. The highest BCUT2D eigenvalue weighted by atomic mass is 15.1. The largest absolute Gasteiger partial charge is 0.340 e. The standard InChI is InChI=1S/C112H102N4/c1-12-14-28-75(13-2)74-113-104-40-27-22-35-96(104)97-71-77(43-68-105(97)113)76-41-56-86(57-42-76)115(88-60-46-79(47-61-88)109(6,7)8)90-66-52-82(53-67-90)112(102-38-25-20-33-94(102)95-34-21-26-39-103(95)112)84-55-70-107-99(73-84)98-72-83(54-69-106(98)116(107)91-62-48-80(49-63-91)110(9,10)11)111(100-36-23-18-31-92(100)93-32-19-24-37-101(93)111)81-50-64-89(65-51-81)114(85-29-16-15-17-30-85)87-58-44-78(45-59-87)108(3,4)5/h15-27,29-73,75H,12-14,28,74H2,1-11H3. The van der Waals surface area contributed by atoms with Crippen molar-refractivity contribution in [2.45, 2.75) is 135 Å². The van der Waals surface area contributed by atoms with Crippen LogP contribution < -0.4 is 9.80 Å². The highest BCUT2D eigenvalue weighted by molar-refractivity contribution is 6.11. The van der Waals surface area contributed by atoms with Crippen LogP contribution in [0, 0.1) is 5.92 Å². The first-order valence-corrected chi connectivity index (χ1v) is 42.1. The second-order valence-electron chi connectivity index (χ2n) is 35.8. The van der Waals surface area contributed by atoms with E-state index in [-0.39, 0.29) is 16.2 Å². The molecule has 4 nitrogen and oxygen atoms in total. The number of hydrogen-bond acceptors (Lipinski definition) is 2. The van der Waals surface area contributed by atoms with Crippen LogP contribution in [0.3, 0.4) is 0 Å². The summed E-state index contributed by atoms with van der Waals surface area (Å²) < 4.78 is 5.12. The van der Waals surface area contributed by atoms with E-state index in [1.807, 2.05) is 0 Å². The number of para-hydroxylation sites is 2. The number of nitrogens with zero attached hydrogens (tertiary/aromatic N) is 4. The van der Waals surface area contributed by atoms with Gasteiger partial charge in [-0.2, -0.15) is 0 Å². The van der Waals surface area contributed by atoms with Crippen LogP contribution in [0.2, 0.25) is 0 Å². The first kappa shape index (κ1) is 73.7. The Morgan fingerprint density at radius 1 is 0.293 bits per heavy atom. The third kappa shape index (κ3) is 12.2. The number of unbranched alkanes of at least 4 members (excludes halogenated alkanes) is 1. The molecule has 2 heterocycles. The second kappa shape index (κ2) is 28.8. The summed E-state index contributed by atoms with van der Waals surface area (Å²) >= 11 is 0. The Labute approximate surface area is 685 Å². The molecule has 19 rings (SSSR count). The number of rotatable bonds is 18. The molecule has 0 aliphatic heterocycles. The summed E-state index contributed by atoms with van der Waals surface area (Å²) in [6, 6.07) is 135. The topological polar surface area (TPSA) is 16.3 Å². The summed E-state index contributed by atoms with van der Waals surface area (Å²) in [5.74, 6) is 0.645. The first-order chi connectivity index (χ1) is 56.3. The summed E-state index contributed by atoms with van der Waals surface area (Å²) in [6.45, 7) is 26.4. The molecule has 0 N–H and O–H groups in total. The van der Waals surface area contributed by atoms with Crippen LogP contribution in [-0.4, -0.2) is 9.13 Å². The average Bonchev–Trinajstić information content (AvgIpc) is 1.53. The summed E-state index contributed by atoms with van der Waals surface area (Å²) in [6.07, 6.45) is 4.94. The molecule has 15 aromatic carbocycles. The summed E-state index contributed by atoms with van der Waals surface area (Å²) in [5, 5.41) is 5.03. The fraction of sp³-hybridized carbons (Fsp3) is 0.196. The van der Waals surface area contributed by atoms with Crippen molar-refractivity contribution in [2.75, 3.05) is 9.80 Å². The maximum absolute atomic E-state index is 2.60. The van der Waals surface area contributed by atoms with E-state index < -0.39 is 10.8 Å². The van der Waals surface area contributed by atoms with E-state index in [9.17, 15) is 0 Å². The first-order valence-electron chi connectivity index (χ1n) is 42.1. The number of aromatic nitrogens is 2. The highest BCUT2D eigenvalue weighted by Gasteiger charge is 2.48.